The Morgan fingerprint density at radius 2 is 0.933 bits per heavy atom. The van der Waals surface area contributed by atoms with Crippen LogP contribution in [0.4, 0.5) is 17.1 Å². The minimum Gasteiger partial charge on any atom is -0.456 e. The molecule has 45 heavy (non-hydrogen) atoms. The van der Waals surface area contributed by atoms with Crippen molar-refractivity contribution in [1.82, 2.24) is 0 Å². The van der Waals surface area contributed by atoms with Crippen molar-refractivity contribution >= 4 is 60.9 Å². The van der Waals surface area contributed by atoms with E-state index >= 15 is 0 Å². The van der Waals surface area contributed by atoms with Crippen LogP contribution in [0.5, 0.6) is 0 Å². The molecule has 0 unspecified atom stereocenters. The summed E-state index contributed by atoms with van der Waals surface area (Å²) in [4.78, 5) is 2.32. The number of hydrogen-bond donors (Lipinski definition) is 0. The summed E-state index contributed by atoms with van der Waals surface area (Å²) in [6, 6.07) is 57.1. The molecular weight excluding hydrogens is 550 g/mol. The molecule has 212 valence electrons. The quantitative estimate of drug-likeness (QED) is 0.204. The molecule has 3 heteroatoms. The maximum absolute atomic E-state index is 6.78. The van der Waals surface area contributed by atoms with Crippen molar-refractivity contribution < 1.29 is 8.83 Å². The average Bonchev–Trinajstić information content (AvgIpc) is 3.69. The van der Waals surface area contributed by atoms with Crippen molar-refractivity contribution in [3.63, 3.8) is 0 Å². The fourth-order valence-corrected chi connectivity index (χ4v) is 6.63. The lowest BCUT2D eigenvalue weighted by Gasteiger charge is -2.27. The second-order valence-electron chi connectivity index (χ2n) is 11.3. The summed E-state index contributed by atoms with van der Waals surface area (Å²) in [6.07, 6.45) is 0. The first-order valence-corrected chi connectivity index (χ1v) is 15.2. The lowest BCUT2D eigenvalue weighted by atomic mass is 9.98. The van der Waals surface area contributed by atoms with Crippen molar-refractivity contribution in [2.75, 3.05) is 4.90 Å². The molecule has 2 heterocycles. The van der Waals surface area contributed by atoms with Gasteiger partial charge in [-0.3, -0.25) is 0 Å². The molecule has 9 rings (SSSR count). The van der Waals surface area contributed by atoms with Gasteiger partial charge in [-0.1, -0.05) is 121 Å². The van der Waals surface area contributed by atoms with Crippen molar-refractivity contribution in [3.8, 4) is 22.3 Å². The molecular formula is C42H27NO2. The fourth-order valence-electron chi connectivity index (χ4n) is 6.63. The van der Waals surface area contributed by atoms with Gasteiger partial charge in [0, 0.05) is 21.8 Å². The van der Waals surface area contributed by atoms with E-state index in [0.717, 1.165) is 72.1 Å². The molecule has 3 nitrogen and oxygen atoms in total. The van der Waals surface area contributed by atoms with Gasteiger partial charge < -0.3 is 13.7 Å². The number of nitrogens with zero attached hydrogens (tertiary/aromatic N) is 1. The van der Waals surface area contributed by atoms with Crippen LogP contribution in [0, 0.1) is 0 Å². The number of rotatable bonds is 5. The Hall–Kier alpha value is -6.06. The van der Waals surface area contributed by atoms with Gasteiger partial charge >= 0.3 is 0 Å². The van der Waals surface area contributed by atoms with Crippen molar-refractivity contribution in [3.05, 3.63) is 164 Å². The minimum atomic E-state index is 0.842. The SMILES string of the molecule is c1ccc(-c2ccc(N(c3ccc(-c4ccccc4)c4c3oc3ccccc34)c3cccc4oc5ccccc5c34)cc2)cc1. The molecule has 0 saturated carbocycles. The molecule has 0 amide bonds. The zero-order valence-corrected chi connectivity index (χ0v) is 24.4. The second-order valence-corrected chi connectivity index (χ2v) is 11.3. The number of para-hydroxylation sites is 2. The standard InChI is InChI=1S/C42H27NO2/c1-3-12-28(13-4-1)29-22-24-31(25-23-29)43(35-18-11-21-39-41(35)34-17-8-9-19-37(34)44-39)36-27-26-32(30-14-5-2-6-15-30)40-33-16-7-10-20-38(33)45-42(36)40/h1-27H. The van der Waals surface area contributed by atoms with Gasteiger partial charge in [0.05, 0.1) is 16.8 Å². The summed E-state index contributed by atoms with van der Waals surface area (Å²) < 4.78 is 13.1. The predicted octanol–water partition coefficient (Wildman–Crippen LogP) is 12.3. The first-order chi connectivity index (χ1) is 22.3. The van der Waals surface area contributed by atoms with E-state index in [1.807, 2.05) is 30.3 Å². The largest absolute Gasteiger partial charge is 0.456 e. The molecule has 0 spiro atoms. The number of furan rings is 2. The molecule has 0 radical (unpaired) electrons. The Labute approximate surface area is 260 Å². The molecule has 0 aliphatic rings. The van der Waals surface area contributed by atoms with Crippen LogP contribution in [0.15, 0.2) is 173 Å². The van der Waals surface area contributed by atoms with E-state index in [-0.39, 0.29) is 0 Å². The number of anilines is 3. The normalized spacial score (nSPS) is 11.6. The Morgan fingerprint density at radius 1 is 0.356 bits per heavy atom. The van der Waals surface area contributed by atoms with Crippen molar-refractivity contribution in [2.24, 2.45) is 0 Å². The van der Waals surface area contributed by atoms with E-state index in [4.69, 9.17) is 8.83 Å². The summed E-state index contributed by atoms with van der Waals surface area (Å²) in [5, 5.41) is 4.34. The molecule has 0 fully saturated rings. The summed E-state index contributed by atoms with van der Waals surface area (Å²) in [7, 11) is 0. The summed E-state index contributed by atoms with van der Waals surface area (Å²) in [5.74, 6) is 0. The highest BCUT2D eigenvalue weighted by molar-refractivity contribution is 6.19. The van der Waals surface area contributed by atoms with Gasteiger partial charge in [0.2, 0.25) is 0 Å². The fraction of sp³-hybridized carbons (Fsp3) is 0. The first-order valence-electron chi connectivity index (χ1n) is 15.2. The number of hydrogen-bond acceptors (Lipinski definition) is 3. The van der Waals surface area contributed by atoms with E-state index in [2.05, 4.69) is 138 Å². The molecule has 7 aromatic carbocycles. The van der Waals surface area contributed by atoms with E-state index in [1.54, 1.807) is 0 Å². The third-order valence-electron chi connectivity index (χ3n) is 8.69. The lowest BCUT2D eigenvalue weighted by molar-refractivity contribution is 0.668. The second kappa shape index (κ2) is 10.3. The van der Waals surface area contributed by atoms with Gasteiger partial charge in [-0.05, 0) is 64.7 Å². The zero-order chi connectivity index (χ0) is 29.7. The smallest absolute Gasteiger partial charge is 0.160 e. The maximum atomic E-state index is 6.78. The Bertz CT molecular complexity index is 2470. The van der Waals surface area contributed by atoms with Crippen LogP contribution < -0.4 is 4.90 Å². The highest BCUT2D eigenvalue weighted by atomic mass is 16.3. The molecule has 2 aromatic heterocycles. The highest BCUT2D eigenvalue weighted by Gasteiger charge is 2.24. The van der Waals surface area contributed by atoms with Gasteiger partial charge in [-0.2, -0.15) is 0 Å². The third-order valence-corrected chi connectivity index (χ3v) is 8.69. The van der Waals surface area contributed by atoms with Gasteiger partial charge in [-0.15, -0.1) is 0 Å². The van der Waals surface area contributed by atoms with Gasteiger partial charge in [0.25, 0.3) is 0 Å². The molecule has 0 saturated heterocycles. The van der Waals surface area contributed by atoms with E-state index in [9.17, 15) is 0 Å². The van der Waals surface area contributed by atoms with Gasteiger partial charge in [0.15, 0.2) is 5.58 Å². The monoisotopic (exact) mass is 577 g/mol. The van der Waals surface area contributed by atoms with E-state index in [1.165, 1.54) is 11.1 Å². The molecule has 0 N–H and O–H groups in total. The zero-order valence-electron chi connectivity index (χ0n) is 24.4. The Kier molecular flexibility index (Phi) is 5.82. The third kappa shape index (κ3) is 4.13. The molecule has 9 aromatic rings. The number of fused-ring (bicyclic) bond motifs is 6. The van der Waals surface area contributed by atoms with Crippen LogP contribution >= 0.6 is 0 Å². The molecule has 0 atom stereocenters. The van der Waals surface area contributed by atoms with Gasteiger partial charge in [0.1, 0.15) is 16.7 Å². The van der Waals surface area contributed by atoms with E-state index < -0.39 is 0 Å². The summed E-state index contributed by atoms with van der Waals surface area (Å²) >= 11 is 0. The Balaban J connectivity index is 1.35. The maximum Gasteiger partial charge on any atom is 0.160 e. The number of benzene rings is 7. The van der Waals surface area contributed by atoms with Crippen LogP contribution in [0.2, 0.25) is 0 Å². The van der Waals surface area contributed by atoms with Crippen LogP contribution in [0.3, 0.4) is 0 Å². The van der Waals surface area contributed by atoms with Crippen LogP contribution in [-0.4, -0.2) is 0 Å². The van der Waals surface area contributed by atoms with Crippen LogP contribution in [0.25, 0.3) is 66.1 Å². The summed E-state index contributed by atoms with van der Waals surface area (Å²) in [5.41, 5.74) is 11.1. The minimum absolute atomic E-state index is 0.842. The topological polar surface area (TPSA) is 29.5 Å². The van der Waals surface area contributed by atoms with E-state index in [0.29, 0.717) is 0 Å². The highest BCUT2D eigenvalue weighted by Crippen LogP contribution is 2.48. The molecule has 0 aliphatic carbocycles. The summed E-state index contributed by atoms with van der Waals surface area (Å²) in [6.45, 7) is 0. The average molecular weight is 578 g/mol. The predicted molar refractivity (Wildman–Crippen MR) is 187 cm³/mol. The van der Waals surface area contributed by atoms with Crippen LogP contribution in [0.1, 0.15) is 0 Å². The van der Waals surface area contributed by atoms with Crippen LogP contribution in [-0.2, 0) is 0 Å². The van der Waals surface area contributed by atoms with Crippen molar-refractivity contribution in [1.29, 1.82) is 0 Å². The van der Waals surface area contributed by atoms with Crippen molar-refractivity contribution in [2.45, 2.75) is 0 Å². The molecule has 0 aliphatic heterocycles. The first kappa shape index (κ1) is 25.4. The Morgan fingerprint density at radius 3 is 1.67 bits per heavy atom. The molecule has 0 bridgehead atoms. The van der Waals surface area contributed by atoms with Gasteiger partial charge in [-0.25, -0.2) is 0 Å². The lowest BCUT2D eigenvalue weighted by Crippen LogP contribution is -2.10.